The molecule has 0 aromatic heterocycles. The van der Waals surface area contributed by atoms with Gasteiger partial charge in [0.1, 0.15) is 0 Å². The highest BCUT2D eigenvalue weighted by Crippen LogP contribution is 2.62. The third-order valence-corrected chi connectivity index (χ3v) is 6.61. The molecule has 2 saturated carbocycles. The van der Waals surface area contributed by atoms with E-state index in [4.69, 9.17) is 4.74 Å². The minimum absolute atomic E-state index is 0.244. The van der Waals surface area contributed by atoms with E-state index in [2.05, 4.69) is 22.5 Å². The second-order valence-corrected chi connectivity index (χ2v) is 7.93. The van der Waals surface area contributed by atoms with E-state index in [9.17, 15) is 4.79 Å². The summed E-state index contributed by atoms with van der Waals surface area (Å²) < 4.78 is 6.01. The summed E-state index contributed by atoms with van der Waals surface area (Å²) >= 11 is 0. The Hall–Kier alpha value is -1.30. The van der Waals surface area contributed by atoms with Crippen molar-refractivity contribution >= 4 is 11.9 Å². The van der Waals surface area contributed by atoms with Crippen LogP contribution in [0.5, 0.6) is 0 Å². The molecule has 134 valence electrons. The first-order valence-electron chi connectivity index (χ1n) is 9.57. The van der Waals surface area contributed by atoms with E-state index in [1.807, 2.05) is 11.9 Å². The van der Waals surface area contributed by atoms with Crippen molar-refractivity contribution in [1.82, 2.24) is 15.5 Å². The molecule has 4 fully saturated rings. The molecule has 0 bridgehead atoms. The number of nitrogens with zero attached hydrogens (tertiary/aromatic N) is 2. The monoisotopic (exact) mass is 334 g/mol. The lowest BCUT2D eigenvalue weighted by Crippen LogP contribution is -2.73. The normalized spacial score (nSPS) is 37.7. The molecule has 0 radical (unpaired) electrons. The zero-order chi connectivity index (χ0) is 16.7. The van der Waals surface area contributed by atoms with Gasteiger partial charge in [-0.05, 0) is 32.6 Å². The number of hydrogen-bond acceptors (Lipinski definition) is 3. The number of piperidine rings is 1. The first-order chi connectivity index (χ1) is 11.6. The summed E-state index contributed by atoms with van der Waals surface area (Å²) in [5.41, 5.74) is 0.358. The maximum absolute atomic E-state index is 11.7. The maximum Gasteiger partial charge on any atom is 0.222 e. The largest absolute Gasteiger partial charge is 0.377 e. The van der Waals surface area contributed by atoms with Crippen LogP contribution in [-0.4, -0.2) is 61.7 Å². The highest BCUT2D eigenvalue weighted by atomic mass is 16.5. The van der Waals surface area contributed by atoms with Gasteiger partial charge in [-0.3, -0.25) is 9.79 Å². The van der Waals surface area contributed by atoms with Crippen molar-refractivity contribution in [3.63, 3.8) is 0 Å². The van der Waals surface area contributed by atoms with Crippen molar-refractivity contribution in [1.29, 1.82) is 0 Å². The van der Waals surface area contributed by atoms with E-state index >= 15 is 0 Å². The molecule has 4 atom stereocenters. The lowest BCUT2D eigenvalue weighted by molar-refractivity contribution is -0.171. The number of likely N-dealkylation sites (N-methyl/N-ethyl adjacent to an activating group) is 1. The average molecular weight is 334 g/mol. The highest BCUT2D eigenvalue weighted by molar-refractivity contribution is 5.82. The van der Waals surface area contributed by atoms with Crippen molar-refractivity contribution in [2.75, 3.05) is 26.7 Å². The molecule has 4 unspecified atom stereocenters. The van der Waals surface area contributed by atoms with E-state index in [1.54, 1.807) is 0 Å². The molecule has 2 heterocycles. The average Bonchev–Trinajstić information content (AvgIpc) is 2.92. The van der Waals surface area contributed by atoms with Gasteiger partial charge in [-0.25, -0.2) is 0 Å². The van der Waals surface area contributed by atoms with E-state index in [0.29, 0.717) is 35.9 Å². The molecule has 24 heavy (non-hydrogen) atoms. The van der Waals surface area contributed by atoms with Crippen LogP contribution in [0.3, 0.4) is 0 Å². The topological polar surface area (TPSA) is 66.0 Å². The minimum atomic E-state index is 0.244. The van der Waals surface area contributed by atoms with E-state index in [0.717, 1.165) is 32.1 Å². The minimum Gasteiger partial charge on any atom is -0.377 e. The Balaban J connectivity index is 1.41. The van der Waals surface area contributed by atoms with Gasteiger partial charge >= 0.3 is 0 Å². The second kappa shape index (κ2) is 6.21. The van der Waals surface area contributed by atoms with Crippen molar-refractivity contribution < 1.29 is 9.53 Å². The number of rotatable bonds is 3. The van der Waals surface area contributed by atoms with Crippen molar-refractivity contribution in [3.05, 3.63) is 0 Å². The molecule has 2 aliphatic heterocycles. The van der Waals surface area contributed by atoms with Gasteiger partial charge in [0, 0.05) is 56.6 Å². The summed E-state index contributed by atoms with van der Waals surface area (Å²) in [6.07, 6.45) is 7.05. The fourth-order valence-corrected chi connectivity index (χ4v) is 5.22. The van der Waals surface area contributed by atoms with Crippen LogP contribution in [0.1, 0.15) is 45.4 Å². The number of fused-ring (bicyclic) bond motifs is 2. The third-order valence-electron chi connectivity index (χ3n) is 6.61. The number of carbonyl (C=O) groups is 1. The molecule has 2 N–H and O–H groups in total. The summed E-state index contributed by atoms with van der Waals surface area (Å²) in [4.78, 5) is 18.2. The van der Waals surface area contributed by atoms with Gasteiger partial charge < -0.3 is 20.3 Å². The molecule has 6 heteroatoms. The Labute approximate surface area is 144 Å². The number of carbonyl (C=O) groups excluding carboxylic acids is 1. The van der Waals surface area contributed by atoms with Crippen LogP contribution in [0.4, 0.5) is 0 Å². The molecular weight excluding hydrogens is 304 g/mol. The number of likely N-dealkylation sites (tertiary alicyclic amines) is 1. The van der Waals surface area contributed by atoms with Crippen LogP contribution in [0, 0.1) is 11.3 Å². The van der Waals surface area contributed by atoms with Gasteiger partial charge in [0.25, 0.3) is 0 Å². The van der Waals surface area contributed by atoms with Crippen LogP contribution in [0.25, 0.3) is 0 Å². The molecule has 2 aliphatic carbocycles. The first kappa shape index (κ1) is 16.2. The quantitative estimate of drug-likeness (QED) is 0.600. The molecule has 2 saturated heterocycles. The maximum atomic E-state index is 11.7. The van der Waals surface area contributed by atoms with Gasteiger partial charge in [0.15, 0.2) is 5.96 Å². The lowest BCUT2D eigenvalue weighted by Gasteiger charge is -2.63. The van der Waals surface area contributed by atoms with Gasteiger partial charge in [0.05, 0.1) is 6.10 Å². The predicted octanol–water partition coefficient (Wildman–Crippen LogP) is 1.12. The van der Waals surface area contributed by atoms with Crippen LogP contribution < -0.4 is 10.6 Å². The fourth-order valence-electron chi connectivity index (χ4n) is 5.22. The highest BCUT2D eigenvalue weighted by Gasteiger charge is 2.66. The molecule has 1 amide bonds. The summed E-state index contributed by atoms with van der Waals surface area (Å²) in [5.74, 6) is 1.81. The molecule has 1 spiro atoms. The number of aliphatic imine (C=N–C) groups is 1. The fraction of sp³-hybridized carbons (Fsp3) is 0.889. The molecule has 4 aliphatic rings. The molecule has 0 aromatic rings. The van der Waals surface area contributed by atoms with Gasteiger partial charge in [0.2, 0.25) is 5.91 Å². The standard InChI is InChI=1S/C18H30N4O2/c1-3-19-17(20-12-5-6-14(23)22(2)11-12)21-15-13-7-10-24-16(13)18(15)8-4-9-18/h12-13,15-16H,3-11H2,1-2H3,(H2,19,20,21). The molecule has 0 aromatic carbocycles. The molecule has 6 nitrogen and oxygen atoms in total. The predicted molar refractivity (Wildman–Crippen MR) is 92.8 cm³/mol. The Bertz CT molecular complexity index is 531. The van der Waals surface area contributed by atoms with Crippen molar-refractivity contribution in [2.24, 2.45) is 16.3 Å². The SMILES string of the molecule is CCN=C(NC1CCC(=O)N(C)C1)NC1C2CCOC2C12CCC2. The summed E-state index contributed by atoms with van der Waals surface area (Å²) in [6.45, 7) is 4.51. The van der Waals surface area contributed by atoms with Gasteiger partial charge in [-0.2, -0.15) is 0 Å². The number of ether oxygens (including phenoxy) is 1. The van der Waals surface area contributed by atoms with E-state index in [-0.39, 0.29) is 5.91 Å². The molecule has 4 rings (SSSR count). The first-order valence-corrected chi connectivity index (χ1v) is 9.57. The third kappa shape index (κ3) is 2.50. The van der Waals surface area contributed by atoms with Crippen LogP contribution in [0.2, 0.25) is 0 Å². The Morgan fingerprint density at radius 3 is 2.88 bits per heavy atom. The second-order valence-electron chi connectivity index (χ2n) is 7.93. The van der Waals surface area contributed by atoms with E-state index < -0.39 is 0 Å². The Kier molecular flexibility index (Phi) is 4.19. The van der Waals surface area contributed by atoms with Crippen molar-refractivity contribution in [2.45, 2.75) is 63.6 Å². The summed E-state index contributed by atoms with van der Waals surface area (Å²) in [7, 11) is 1.88. The Morgan fingerprint density at radius 2 is 2.21 bits per heavy atom. The van der Waals surface area contributed by atoms with Gasteiger partial charge in [-0.15, -0.1) is 0 Å². The van der Waals surface area contributed by atoms with Gasteiger partial charge in [-0.1, -0.05) is 6.42 Å². The summed E-state index contributed by atoms with van der Waals surface area (Å²) in [5, 5.41) is 7.32. The Morgan fingerprint density at radius 1 is 1.38 bits per heavy atom. The van der Waals surface area contributed by atoms with Crippen molar-refractivity contribution in [3.8, 4) is 0 Å². The smallest absolute Gasteiger partial charge is 0.222 e. The van der Waals surface area contributed by atoms with Crippen LogP contribution >= 0.6 is 0 Å². The number of nitrogens with one attached hydrogen (secondary N) is 2. The van der Waals surface area contributed by atoms with Crippen LogP contribution in [-0.2, 0) is 9.53 Å². The van der Waals surface area contributed by atoms with E-state index in [1.165, 1.54) is 25.7 Å². The molecular formula is C18H30N4O2. The van der Waals surface area contributed by atoms with Crippen LogP contribution in [0.15, 0.2) is 4.99 Å². The number of guanidine groups is 1. The zero-order valence-corrected chi connectivity index (χ0v) is 14.9. The number of amides is 1. The number of hydrogen-bond donors (Lipinski definition) is 2. The summed E-state index contributed by atoms with van der Waals surface area (Å²) in [6, 6.07) is 0.790. The zero-order valence-electron chi connectivity index (χ0n) is 14.9. The lowest BCUT2D eigenvalue weighted by atomic mass is 9.46.